The van der Waals surface area contributed by atoms with E-state index in [2.05, 4.69) is 11.1 Å². The third kappa shape index (κ3) is 1.72. The van der Waals surface area contributed by atoms with Gasteiger partial charge in [-0.15, -0.1) is 0 Å². The average molecular weight is 264 g/mol. The molecule has 98 valence electrons. The van der Waals surface area contributed by atoms with Crippen molar-refractivity contribution in [3.05, 3.63) is 42.0 Å². The Bertz CT molecular complexity index is 850. The Labute approximate surface area is 116 Å². The molecule has 2 aromatic carbocycles. The Morgan fingerprint density at radius 3 is 2.35 bits per heavy atom. The molecule has 0 unspecified atom stereocenters. The monoisotopic (exact) mass is 264 g/mol. The largest absolute Gasteiger partial charge is 0.494 e. The molecule has 0 saturated heterocycles. The summed E-state index contributed by atoms with van der Waals surface area (Å²) in [5, 5.41) is 12.3. The highest BCUT2D eigenvalue weighted by Crippen LogP contribution is 2.35. The van der Waals surface area contributed by atoms with Crippen LogP contribution in [0.3, 0.4) is 0 Å². The van der Waals surface area contributed by atoms with Gasteiger partial charge in [0, 0.05) is 5.39 Å². The molecule has 3 aromatic rings. The summed E-state index contributed by atoms with van der Waals surface area (Å²) in [4.78, 5) is 4.40. The quantitative estimate of drug-likeness (QED) is 0.666. The lowest BCUT2D eigenvalue weighted by atomic mass is 10.0. The minimum absolute atomic E-state index is 0.284. The zero-order valence-corrected chi connectivity index (χ0v) is 11.2. The molecule has 4 heteroatoms. The van der Waals surface area contributed by atoms with Gasteiger partial charge < -0.3 is 9.47 Å². The second-order valence-electron chi connectivity index (χ2n) is 4.36. The third-order valence-corrected chi connectivity index (χ3v) is 3.28. The van der Waals surface area contributed by atoms with Gasteiger partial charge in [-0.25, -0.2) is 4.98 Å². The summed E-state index contributed by atoms with van der Waals surface area (Å²) in [5.41, 5.74) is 1.06. The fourth-order valence-corrected chi connectivity index (χ4v) is 2.36. The number of nitrogens with zero attached hydrogens (tertiary/aromatic N) is 2. The van der Waals surface area contributed by atoms with Crippen LogP contribution < -0.4 is 9.47 Å². The zero-order valence-electron chi connectivity index (χ0n) is 11.2. The third-order valence-electron chi connectivity index (χ3n) is 3.28. The van der Waals surface area contributed by atoms with Crippen molar-refractivity contribution in [3.63, 3.8) is 0 Å². The van der Waals surface area contributed by atoms with Gasteiger partial charge in [0.2, 0.25) is 5.88 Å². The minimum Gasteiger partial charge on any atom is -0.494 e. The maximum atomic E-state index is 9.28. The van der Waals surface area contributed by atoms with Crippen molar-refractivity contribution in [3.8, 4) is 17.7 Å². The first-order valence-electron chi connectivity index (χ1n) is 6.13. The van der Waals surface area contributed by atoms with Gasteiger partial charge in [-0.05, 0) is 22.9 Å². The number of aromatic nitrogens is 1. The van der Waals surface area contributed by atoms with Crippen molar-refractivity contribution in [1.82, 2.24) is 4.98 Å². The molecule has 0 aliphatic carbocycles. The van der Waals surface area contributed by atoms with Gasteiger partial charge >= 0.3 is 0 Å². The molecule has 4 nitrogen and oxygen atoms in total. The first-order valence-corrected chi connectivity index (χ1v) is 6.13. The second kappa shape index (κ2) is 4.71. The smallest absolute Gasteiger partial charge is 0.235 e. The predicted octanol–water partition coefficient (Wildman–Crippen LogP) is 3.28. The van der Waals surface area contributed by atoms with Crippen LogP contribution >= 0.6 is 0 Å². The van der Waals surface area contributed by atoms with Gasteiger partial charge in [0.05, 0.1) is 19.7 Å². The summed E-state index contributed by atoms with van der Waals surface area (Å²) in [5.74, 6) is 0.784. The Morgan fingerprint density at radius 2 is 1.75 bits per heavy atom. The van der Waals surface area contributed by atoms with Crippen LogP contribution in [0.2, 0.25) is 0 Å². The van der Waals surface area contributed by atoms with Crippen molar-refractivity contribution < 1.29 is 9.47 Å². The molecule has 0 aliphatic rings. The van der Waals surface area contributed by atoms with Crippen molar-refractivity contribution in [2.45, 2.75) is 0 Å². The molecule has 20 heavy (non-hydrogen) atoms. The maximum Gasteiger partial charge on any atom is 0.235 e. The number of benzene rings is 2. The van der Waals surface area contributed by atoms with E-state index in [1.807, 2.05) is 36.4 Å². The first-order chi connectivity index (χ1) is 9.78. The van der Waals surface area contributed by atoms with Crippen molar-refractivity contribution in [2.24, 2.45) is 0 Å². The highest BCUT2D eigenvalue weighted by molar-refractivity contribution is 6.00. The van der Waals surface area contributed by atoms with Gasteiger partial charge in [-0.1, -0.05) is 24.3 Å². The van der Waals surface area contributed by atoms with E-state index in [1.54, 1.807) is 7.11 Å². The number of nitriles is 1. The summed E-state index contributed by atoms with van der Waals surface area (Å²) in [6, 6.07) is 14.0. The van der Waals surface area contributed by atoms with E-state index in [4.69, 9.17) is 9.47 Å². The van der Waals surface area contributed by atoms with Crippen LogP contribution in [0.5, 0.6) is 11.6 Å². The van der Waals surface area contributed by atoms with Crippen LogP contribution in [0.4, 0.5) is 0 Å². The average Bonchev–Trinajstić information content (AvgIpc) is 2.50. The summed E-state index contributed by atoms with van der Waals surface area (Å²) in [7, 11) is 3.04. The van der Waals surface area contributed by atoms with Crippen molar-refractivity contribution in [2.75, 3.05) is 14.2 Å². The van der Waals surface area contributed by atoms with Crippen molar-refractivity contribution in [1.29, 1.82) is 5.26 Å². The Hall–Kier alpha value is -2.80. The first kappa shape index (κ1) is 12.2. The lowest BCUT2D eigenvalue weighted by molar-refractivity contribution is 0.384. The lowest BCUT2D eigenvalue weighted by Crippen LogP contribution is -1.98. The number of hydrogen-bond donors (Lipinski definition) is 0. The van der Waals surface area contributed by atoms with E-state index < -0.39 is 0 Å². The molecule has 0 bridgehead atoms. The standard InChI is InChI=1S/C16H12N2O2/c1-19-15-12-7-10-5-3-4-6-11(10)8-14(12)18-16(20-2)13(15)9-17/h3-8H,1-2H3. The van der Waals surface area contributed by atoms with E-state index in [0.29, 0.717) is 11.3 Å². The summed E-state index contributed by atoms with van der Waals surface area (Å²) in [6.07, 6.45) is 0. The molecule has 3 rings (SSSR count). The number of ether oxygens (including phenoxy) is 2. The van der Waals surface area contributed by atoms with Gasteiger partial charge in [-0.3, -0.25) is 0 Å². The van der Waals surface area contributed by atoms with Gasteiger partial charge in [0.25, 0.3) is 0 Å². The summed E-state index contributed by atoms with van der Waals surface area (Å²) >= 11 is 0. The fraction of sp³-hybridized carbons (Fsp3) is 0.125. The molecular weight excluding hydrogens is 252 g/mol. The van der Waals surface area contributed by atoms with E-state index >= 15 is 0 Å². The SMILES string of the molecule is COc1nc2cc3ccccc3cc2c(OC)c1C#N. The van der Waals surface area contributed by atoms with Crippen LogP contribution in [0.15, 0.2) is 36.4 Å². The van der Waals surface area contributed by atoms with Crippen LogP contribution in [0.1, 0.15) is 5.56 Å². The van der Waals surface area contributed by atoms with Gasteiger partial charge in [0.15, 0.2) is 11.3 Å². The predicted molar refractivity (Wildman–Crippen MR) is 77.1 cm³/mol. The van der Waals surface area contributed by atoms with Crippen LogP contribution in [0.25, 0.3) is 21.7 Å². The number of hydrogen-bond acceptors (Lipinski definition) is 4. The lowest BCUT2D eigenvalue weighted by Gasteiger charge is -2.11. The van der Waals surface area contributed by atoms with E-state index in [0.717, 1.165) is 21.7 Å². The topological polar surface area (TPSA) is 55.1 Å². The molecule has 0 radical (unpaired) electrons. The van der Waals surface area contributed by atoms with E-state index in [1.165, 1.54) is 7.11 Å². The molecular formula is C16H12N2O2. The summed E-state index contributed by atoms with van der Waals surface area (Å²) in [6.45, 7) is 0. The Kier molecular flexibility index (Phi) is 2.88. The molecule has 1 aromatic heterocycles. The molecule has 0 saturated carbocycles. The van der Waals surface area contributed by atoms with Crippen molar-refractivity contribution >= 4 is 21.7 Å². The van der Waals surface area contributed by atoms with E-state index in [9.17, 15) is 5.26 Å². The highest BCUT2D eigenvalue weighted by Gasteiger charge is 2.16. The zero-order chi connectivity index (χ0) is 14.1. The molecule has 0 aliphatic heterocycles. The Balaban J connectivity index is 2.49. The van der Waals surface area contributed by atoms with Gasteiger partial charge in [0.1, 0.15) is 6.07 Å². The van der Waals surface area contributed by atoms with Crippen LogP contribution in [0, 0.1) is 11.3 Å². The van der Waals surface area contributed by atoms with Gasteiger partial charge in [-0.2, -0.15) is 5.26 Å². The number of fused-ring (bicyclic) bond motifs is 2. The second-order valence-corrected chi connectivity index (χ2v) is 4.36. The highest BCUT2D eigenvalue weighted by atomic mass is 16.5. The number of methoxy groups -OCH3 is 2. The molecule has 0 fully saturated rings. The Morgan fingerprint density at radius 1 is 1.05 bits per heavy atom. The molecule has 0 atom stereocenters. The number of rotatable bonds is 2. The molecule has 0 N–H and O–H groups in total. The minimum atomic E-state index is 0.284. The molecule has 1 heterocycles. The maximum absolute atomic E-state index is 9.28. The normalized spacial score (nSPS) is 10.4. The van der Waals surface area contributed by atoms with Crippen LogP contribution in [-0.4, -0.2) is 19.2 Å². The fourth-order valence-electron chi connectivity index (χ4n) is 2.36. The molecule has 0 amide bonds. The molecule has 0 spiro atoms. The van der Waals surface area contributed by atoms with Crippen LogP contribution in [-0.2, 0) is 0 Å². The number of pyridine rings is 1. The van der Waals surface area contributed by atoms with E-state index in [-0.39, 0.29) is 5.88 Å². The summed E-state index contributed by atoms with van der Waals surface area (Å²) < 4.78 is 10.6.